The lowest BCUT2D eigenvalue weighted by atomic mass is 10.1. The number of hydrogen-bond donors (Lipinski definition) is 2. The third kappa shape index (κ3) is 6.14. The summed E-state index contributed by atoms with van der Waals surface area (Å²) in [6.45, 7) is 6.04. The van der Waals surface area contributed by atoms with E-state index in [2.05, 4.69) is 10.2 Å². The number of anilines is 1. The van der Waals surface area contributed by atoms with Crippen LogP contribution in [0.1, 0.15) is 17.3 Å². The summed E-state index contributed by atoms with van der Waals surface area (Å²) < 4.78 is 5.42. The fourth-order valence-corrected chi connectivity index (χ4v) is 2.93. The Labute approximate surface area is 147 Å². The standard InChI is InChI=1S/C17H26N4O2S/c1-14(22)15-3-2-4-16(13-15)20-17(19-6-12-24-11-5-18)21-7-9-23-10-8-21/h2-4,13H,5-12,18H2,1H3,(H,19,20). The van der Waals surface area contributed by atoms with Crippen LogP contribution >= 0.6 is 11.8 Å². The Morgan fingerprint density at radius 2 is 2.17 bits per heavy atom. The van der Waals surface area contributed by atoms with E-state index in [9.17, 15) is 4.79 Å². The molecule has 0 atom stereocenters. The van der Waals surface area contributed by atoms with Crippen LogP contribution in [0.4, 0.5) is 5.69 Å². The van der Waals surface area contributed by atoms with Crippen molar-refractivity contribution in [1.82, 2.24) is 4.90 Å². The number of thioether (sulfide) groups is 1. The van der Waals surface area contributed by atoms with Gasteiger partial charge in [0.05, 0.1) is 19.8 Å². The Balaban J connectivity index is 2.05. The first kappa shape index (κ1) is 18.8. The molecule has 0 radical (unpaired) electrons. The molecule has 0 unspecified atom stereocenters. The first-order valence-electron chi connectivity index (χ1n) is 8.23. The number of nitrogens with two attached hydrogens (primary N) is 1. The molecule has 1 aliphatic rings. The fraction of sp³-hybridized carbons (Fsp3) is 0.529. The van der Waals surface area contributed by atoms with Gasteiger partial charge in [-0.1, -0.05) is 12.1 Å². The van der Waals surface area contributed by atoms with Crippen LogP contribution in [0, 0.1) is 0 Å². The quantitative estimate of drug-likeness (QED) is 0.337. The van der Waals surface area contributed by atoms with E-state index in [1.807, 2.05) is 24.3 Å². The minimum absolute atomic E-state index is 0.0571. The van der Waals surface area contributed by atoms with Gasteiger partial charge in [0.2, 0.25) is 0 Å². The van der Waals surface area contributed by atoms with Crippen molar-refractivity contribution in [3.8, 4) is 0 Å². The van der Waals surface area contributed by atoms with E-state index in [-0.39, 0.29) is 5.78 Å². The van der Waals surface area contributed by atoms with E-state index in [0.717, 1.165) is 42.8 Å². The minimum Gasteiger partial charge on any atom is -0.378 e. The Kier molecular flexibility index (Phi) is 8.07. The molecule has 1 aliphatic heterocycles. The second-order valence-electron chi connectivity index (χ2n) is 5.47. The second kappa shape index (κ2) is 10.3. The van der Waals surface area contributed by atoms with Gasteiger partial charge in [-0.3, -0.25) is 9.79 Å². The van der Waals surface area contributed by atoms with Crippen molar-refractivity contribution in [2.24, 2.45) is 10.7 Å². The average Bonchev–Trinajstić information content (AvgIpc) is 2.61. The number of carbonyl (C=O) groups is 1. The molecule has 7 heteroatoms. The van der Waals surface area contributed by atoms with E-state index in [0.29, 0.717) is 25.3 Å². The number of carbonyl (C=O) groups excluding carboxylic acids is 1. The molecule has 0 aliphatic carbocycles. The van der Waals surface area contributed by atoms with Crippen LogP contribution in [0.15, 0.2) is 29.3 Å². The summed E-state index contributed by atoms with van der Waals surface area (Å²) in [5.74, 6) is 2.80. The predicted molar refractivity (Wildman–Crippen MR) is 101 cm³/mol. The van der Waals surface area contributed by atoms with Gasteiger partial charge in [-0.15, -0.1) is 0 Å². The van der Waals surface area contributed by atoms with Crippen molar-refractivity contribution >= 4 is 29.2 Å². The Morgan fingerprint density at radius 1 is 1.38 bits per heavy atom. The van der Waals surface area contributed by atoms with E-state index in [1.165, 1.54) is 0 Å². The van der Waals surface area contributed by atoms with E-state index < -0.39 is 0 Å². The molecule has 0 bridgehead atoms. The highest BCUT2D eigenvalue weighted by molar-refractivity contribution is 7.99. The summed E-state index contributed by atoms with van der Waals surface area (Å²) in [5, 5.41) is 3.37. The highest BCUT2D eigenvalue weighted by atomic mass is 32.2. The van der Waals surface area contributed by atoms with Gasteiger partial charge >= 0.3 is 0 Å². The van der Waals surface area contributed by atoms with Crippen LogP contribution in [-0.4, -0.2) is 67.5 Å². The number of nitrogens with one attached hydrogen (secondary N) is 1. The number of rotatable bonds is 7. The van der Waals surface area contributed by atoms with Crippen LogP contribution in [-0.2, 0) is 4.74 Å². The molecule has 24 heavy (non-hydrogen) atoms. The van der Waals surface area contributed by atoms with Crippen LogP contribution < -0.4 is 11.1 Å². The monoisotopic (exact) mass is 350 g/mol. The van der Waals surface area contributed by atoms with E-state index in [1.54, 1.807) is 18.7 Å². The zero-order chi connectivity index (χ0) is 17.2. The van der Waals surface area contributed by atoms with Crippen molar-refractivity contribution in [3.05, 3.63) is 29.8 Å². The summed E-state index contributed by atoms with van der Waals surface area (Å²) in [4.78, 5) is 18.5. The van der Waals surface area contributed by atoms with Crippen LogP contribution in [0.25, 0.3) is 0 Å². The van der Waals surface area contributed by atoms with Gasteiger partial charge in [-0.2, -0.15) is 11.8 Å². The zero-order valence-electron chi connectivity index (χ0n) is 14.2. The molecule has 0 spiro atoms. The average molecular weight is 350 g/mol. The van der Waals surface area contributed by atoms with E-state index >= 15 is 0 Å². The fourth-order valence-electron chi connectivity index (χ4n) is 2.34. The molecule has 1 heterocycles. The molecule has 1 aromatic rings. The molecular formula is C17H26N4O2S. The molecule has 1 fully saturated rings. The lowest BCUT2D eigenvalue weighted by molar-refractivity contribution is 0.0679. The van der Waals surface area contributed by atoms with Crippen molar-refractivity contribution < 1.29 is 9.53 Å². The summed E-state index contributed by atoms with van der Waals surface area (Å²) >= 11 is 1.81. The highest BCUT2D eigenvalue weighted by Crippen LogP contribution is 2.13. The predicted octanol–water partition coefficient (Wildman–Crippen LogP) is 1.68. The molecule has 0 aromatic heterocycles. The van der Waals surface area contributed by atoms with Gasteiger partial charge in [0.1, 0.15) is 0 Å². The SMILES string of the molecule is CC(=O)c1cccc(NC(=NCCSCCN)N2CCOCC2)c1. The molecule has 1 saturated heterocycles. The lowest BCUT2D eigenvalue weighted by Crippen LogP contribution is -2.44. The number of Topliss-reactive ketones (excluding diaryl/α,β-unsaturated/α-hetero) is 1. The summed E-state index contributed by atoms with van der Waals surface area (Å²) in [6.07, 6.45) is 0. The summed E-state index contributed by atoms with van der Waals surface area (Å²) in [7, 11) is 0. The van der Waals surface area contributed by atoms with Gasteiger partial charge in [-0.05, 0) is 19.1 Å². The minimum atomic E-state index is 0.0571. The van der Waals surface area contributed by atoms with Crippen molar-refractivity contribution in [2.45, 2.75) is 6.92 Å². The van der Waals surface area contributed by atoms with Gasteiger partial charge in [-0.25, -0.2) is 0 Å². The molecule has 0 saturated carbocycles. The van der Waals surface area contributed by atoms with Crippen molar-refractivity contribution in [2.75, 3.05) is 56.2 Å². The van der Waals surface area contributed by atoms with Gasteiger partial charge in [0, 0.05) is 42.4 Å². The van der Waals surface area contributed by atoms with Gasteiger partial charge in [0.15, 0.2) is 11.7 Å². The van der Waals surface area contributed by atoms with Crippen molar-refractivity contribution in [3.63, 3.8) is 0 Å². The molecule has 0 amide bonds. The molecule has 6 nitrogen and oxygen atoms in total. The molecular weight excluding hydrogens is 324 g/mol. The molecule has 1 aromatic carbocycles. The van der Waals surface area contributed by atoms with Crippen LogP contribution in [0.5, 0.6) is 0 Å². The Hall–Kier alpha value is -1.57. The number of benzene rings is 1. The zero-order valence-corrected chi connectivity index (χ0v) is 15.0. The normalized spacial score (nSPS) is 15.4. The third-order valence-corrected chi connectivity index (χ3v) is 4.59. The number of guanidine groups is 1. The Morgan fingerprint density at radius 3 is 2.88 bits per heavy atom. The number of aliphatic imine (C=N–C) groups is 1. The second-order valence-corrected chi connectivity index (χ2v) is 6.69. The maximum absolute atomic E-state index is 11.6. The van der Waals surface area contributed by atoms with Crippen LogP contribution in [0.3, 0.4) is 0 Å². The van der Waals surface area contributed by atoms with Crippen molar-refractivity contribution in [1.29, 1.82) is 0 Å². The summed E-state index contributed by atoms with van der Waals surface area (Å²) in [6, 6.07) is 7.52. The largest absolute Gasteiger partial charge is 0.378 e. The highest BCUT2D eigenvalue weighted by Gasteiger charge is 2.15. The maximum atomic E-state index is 11.6. The number of morpholine rings is 1. The first-order chi connectivity index (χ1) is 11.7. The molecule has 3 N–H and O–H groups in total. The van der Waals surface area contributed by atoms with Gasteiger partial charge < -0.3 is 20.7 Å². The van der Waals surface area contributed by atoms with Crippen LogP contribution in [0.2, 0.25) is 0 Å². The molecule has 2 rings (SSSR count). The maximum Gasteiger partial charge on any atom is 0.198 e. The number of hydrogen-bond acceptors (Lipinski definition) is 5. The number of ether oxygens (including phenoxy) is 1. The first-order valence-corrected chi connectivity index (χ1v) is 9.39. The summed E-state index contributed by atoms with van der Waals surface area (Å²) in [5.41, 5.74) is 7.08. The number of nitrogens with zero attached hydrogens (tertiary/aromatic N) is 2. The smallest absolute Gasteiger partial charge is 0.198 e. The lowest BCUT2D eigenvalue weighted by Gasteiger charge is -2.30. The molecule has 132 valence electrons. The topological polar surface area (TPSA) is 80.0 Å². The van der Waals surface area contributed by atoms with Gasteiger partial charge in [0.25, 0.3) is 0 Å². The number of ketones is 1. The Bertz CT molecular complexity index is 559. The van der Waals surface area contributed by atoms with E-state index in [4.69, 9.17) is 15.5 Å². The third-order valence-electron chi connectivity index (χ3n) is 3.60.